The Labute approximate surface area is 122 Å². The molecule has 0 aliphatic heterocycles. The molecule has 1 aromatic heterocycles. The summed E-state index contributed by atoms with van der Waals surface area (Å²) in [6.45, 7) is 5.93. The van der Waals surface area contributed by atoms with E-state index in [0.717, 1.165) is 12.8 Å². The van der Waals surface area contributed by atoms with E-state index in [1.54, 1.807) is 0 Å². The molecule has 1 unspecified atom stereocenters. The van der Waals surface area contributed by atoms with Crippen molar-refractivity contribution in [1.82, 2.24) is 4.98 Å². The van der Waals surface area contributed by atoms with Crippen molar-refractivity contribution < 1.29 is 14.3 Å². The number of ether oxygens (including phenoxy) is 1. The van der Waals surface area contributed by atoms with Gasteiger partial charge in [-0.25, -0.2) is 9.78 Å². The molecule has 1 N–H and O–H groups in total. The lowest BCUT2D eigenvalue weighted by Crippen LogP contribution is -2.17. The number of hydrogen-bond acceptors (Lipinski definition) is 6. The van der Waals surface area contributed by atoms with Crippen molar-refractivity contribution in [3.05, 3.63) is 10.6 Å². The molecule has 1 aliphatic rings. The Morgan fingerprint density at radius 3 is 2.65 bits per heavy atom. The first kappa shape index (κ1) is 15.0. The smallest absolute Gasteiger partial charge is 0.358 e. The highest BCUT2D eigenvalue weighted by Crippen LogP contribution is 2.39. The quantitative estimate of drug-likeness (QED) is 0.683. The van der Waals surface area contributed by atoms with Crippen LogP contribution in [0.15, 0.2) is 0 Å². The number of Topliss-reactive ketones (excluding diaryl/α,β-unsaturated/α-hetero) is 1. The van der Waals surface area contributed by atoms with Crippen molar-refractivity contribution in [2.24, 2.45) is 5.41 Å². The first-order valence-electron chi connectivity index (χ1n) is 6.69. The molecule has 1 aromatic rings. The predicted molar refractivity (Wildman–Crippen MR) is 78.5 cm³/mol. The normalized spacial score (nSPS) is 20.7. The lowest BCUT2D eigenvalue weighted by Gasteiger charge is -2.17. The zero-order valence-corrected chi connectivity index (χ0v) is 13.1. The molecular weight excluding hydrogens is 276 g/mol. The van der Waals surface area contributed by atoms with Gasteiger partial charge in [-0.3, -0.25) is 4.79 Å². The van der Waals surface area contributed by atoms with Gasteiger partial charge in [-0.05, 0) is 24.7 Å². The van der Waals surface area contributed by atoms with E-state index >= 15 is 0 Å². The molecule has 0 radical (unpaired) electrons. The summed E-state index contributed by atoms with van der Waals surface area (Å²) in [4.78, 5) is 27.8. The third-order valence-corrected chi connectivity index (χ3v) is 4.71. The average Bonchev–Trinajstić information content (AvgIpc) is 2.92. The molecule has 20 heavy (non-hydrogen) atoms. The number of nitrogens with zero attached hydrogens (tertiary/aromatic N) is 1. The fraction of sp³-hybridized carbons (Fsp3) is 0.643. The summed E-state index contributed by atoms with van der Waals surface area (Å²) in [7, 11) is 1.29. The van der Waals surface area contributed by atoms with E-state index in [-0.39, 0.29) is 11.5 Å². The van der Waals surface area contributed by atoms with E-state index in [9.17, 15) is 9.59 Å². The van der Waals surface area contributed by atoms with Gasteiger partial charge in [0.05, 0.1) is 7.11 Å². The summed E-state index contributed by atoms with van der Waals surface area (Å²) in [5.41, 5.74) is 0.452. The zero-order chi connectivity index (χ0) is 14.9. The van der Waals surface area contributed by atoms with E-state index in [1.165, 1.54) is 31.8 Å². The first-order valence-corrected chi connectivity index (χ1v) is 7.50. The monoisotopic (exact) mass is 296 g/mol. The number of rotatable bonds is 4. The van der Waals surface area contributed by atoms with Crippen LogP contribution in [-0.2, 0) is 4.74 Å². The fourth-order valence-corrected chi connectivity index (χ4v) is 3.51. The van der Waals surface area contributed by atoms with Crippen molar-refractivity contribution in [1.29, 1.82) is 0 Å². The number of esters is 1. The third kappa shape index (κ3) is 3.17. The minimum absolute atomic E-state index is 0.116. The zero-order valence-electron chi connectivity index (χ0n) is 12.3. The van der Waals surface area contributed by atoms with Gasteiger partial charge in [0.25, 0.3) is 0 Å². The van der Waals surface area contributed by atoms with Crippen LogP contribution >= 0.6 is 11.3 Å². The average molecular weight is 296 g/mol. The Bertz CT molecular complexity index is 537. The van der Waals surface area contributed by atoms with Crippen LogP contribution in [-0.4, -0.2) is 29.9 Å². The molecule has 1 aliphatic carbocycles. The Balaban J connectivity index is 2.17. The van der Waals surface area contributed by atoms with Crippen LogP contribution < -0.4 is 5.32 Å². The standard InChI is InChI=1S/C14H20N2O3S/c1-8(17)11-10(12(18)19-4)16-13(20-11)15-9-5-6-14(2,3)7-9/h9H,5-7H2,1-4H3,(H,15,16). The number of nitrogens with one attached hydrogen (secondary N) is 1. The highest BCUT2D eigenvalue weighted by molar-refractivity contribution is 7.17. The summed E-state index contributed by atoms with van der Waals surface area (Å²) in [5.74, 6) is -0.728. The number of carbonyl (C=O) groups is 2. The number of thiazole rings is 1. The maximum atomic E-state index is 11.6. The molecule has 1 fully saturated rings. The molecule has 2 rings (SSSR count). The van der Waals surface area contributed by atoms with Crippen LogP contribution in [0.25, 0.3) is 0 Å². The van der Waals surface area contributed by atoms with E-state index in [1.807, 2.05) is 0 Å². The van der Waals surface area contributed by atoms with Gasteiger partial charge in [0.1, 0.15) is 4.88 Å². The second kappa shape index (κ2) is 5.52. The minimum atomic E-state index is -0.564. The van der Waals surface area contributed by atoms with Gasteiger partial charge in [-0.2, -0.15) is 0 Å². The lowest BCUT2D eigenvalue weighted by molar-refractivity contribution is 0.0591. The van der Waals surface area contributed by atoms with Crippen molar-refractivity contribution in [3.63, 3.8) is 0 Å². The highest BCUT2D eigenvalue weighted by Gasteiger charge is 2.32. The second-order valence-corrected chi connectivity index (χ2v) is 6.99. The van der Waals surface area contributed by atoms with Gasteiger partial charge < -0.3 is 10.1 Å². The molecule has 0 saturated heterocycles. The lowest BCUT2D eigenvalue weighted by atomic mass is 9.92. The van der Waals surface area contributed by atoms with Crippen molar-refractivity contribution >= 4 is 28.2 Å². The third-order valence-electron chi connectivity index (χ3n) is 3.62. The molecule has 1 heterocycles. The minimum Gasteiger partial charge on any atom is -0.464 e. The number of aromatic nitrogens is 1. The molecule has 0 amide bonds. The Hall–Kier alpha value is -1.43. The van der Waals surface area contributed by atoms with Crippen LogP contribution in [0.1, 0.15) is 60.2 Å². The maximum Gasteiger partial charge on any atom is 0.358 e. The van der Waals surface area contributed by atoms with Gasteiger partial charge >= 0.3 is 5.97 Å². The molecule has 0 aromatic carbocycles. The Kier molecular flexibility index (Phi) is 4.13. The van der Waals surface area contributed by atoms with Gasteiger partial charge in [0.2, 0.25) is 0 Å². The van der Waals surface area contributed by atoms with Crippen molar-refractivity contribution in [2.75, 3.05) is 12.4 Å². The maximum absolute atomic E-state index is 11.6. The first-order chi connectivity index (χ1) is 9.32. The van der Waals surface area contributed by atoms with Gasteiger partial charge in [0, 0.05) is 13.0 Å². The summed E-state index contributed by atoms with van der Waals surface area (Å²) in [5, 5.41) is 3.96. The molecular formula is C14H20N2O3S. The van der Waals surface area contributed by atoms with E-state index in [4.69, 9.17) is 0 Å². The van der Waals surface area contributed by atoms with Crippen LogP contribution in [0.4, 0.5) is 5.13 Å². The number of hydrogen-bond donors (Lipinski definition) is 1. The summed E-state index contributed by atoms with van der Waals surface area (Å²) >= 11 is 1.23. The second-order valence-electron chi connectivity index (χ2n) is 5.99. The van der Waals surface area contributed by atoms with Gasteiger partial charge in [-0.1, -0.05) is 25.2 Å². The number of carbonyl (C=O) groups excluding carboxylic acids is 2. The molecule has 0 spiro atoms. The number of anilines is 1. The molecule has 5 nitrogen and oxygen atoms in total. The van der Waals surface area contributed by atoms with E-state index in [2.05, 4.69) is 28.9 Å². The molecule has 1 saturated carbocycles. The Morgan fingerprint density at radius 1 is 1.45 bits per heavy atom. The van der Waals surface area contributed by atoms with Crippen molar-refractivity contribution in [3.8, 4) is 0 Å². The molecule has 0 bridgehead atoms. The largest absolute Gasteiger partial charge is 0.464 e. The molecule has 1 atom stereocenters. The van der Waals surface area contributed by atoms with Crippen LogP contribution in [0, 0.1) is 5.41 Å². The summed E-state index contributed by atoms with van der Waals surface area (Å²) in [6, 6.07) is 0.349. The van der Waals surface area contributed by atoms with Crippen molar-refractivity contribution in [2.45, 2.75) is 46.1 Å². The van der Waals surface area contributed by atoms with Crippen LogP contribution in [0.3, 0.4) is 0 Å². The number of ketones is 1. The van der Waals surface area contributed by atoms with Crippen LogP contribution in [0.2, 0.25) is 0 Å². The summed E-state index contributed by atoms with van der Waals surface area (Å²) in [6.07, 6.45) is 3.31. The van der Waals surface area contributed by atoms with E-state index in [0.29, 0.717) is 21.5 Å². The Morgan fingerprint density at radius 2 is 2.15 bits per heavy atom. The van der Waals surface area contributed by atoms with Gasteiger partial charge in [0.15, 0.2) is 16.6 Å². The number of methoxy groups -OCH3 is 1. The fourth-order valence-electron chi connectivity index (χ4n) is 2.59. The predicted octanol–water partition coefficient (Wildman–Crippen LogP) is 3.12. The topological polar surface area (TPSA) is 68.3 Å². The SMILES string of the molecule is COC(=O)c1nc(NC2CCC(C)(C)C2)sc1C(C)=O. The van der Waals surface area contributed by atoms with E-state index < -0.39 is 5.97 Å². The van der Waals surface area contributed by atoms with Crippen LogP contribution in [0.5, 0.6) is 0 Å². The van der Waals surface area contributed by atoms with Gasteiger partial charge in [-0.15, -0.1) is 0 Å². The highest BCUT2D eigenvalue weighted by atomic mass is 32.1. The molecule has 110 valence electrons. The summed E-state index contributed by atoms with van der Waals surface area (Å²) < 4.78 is 4.67. The molecule has 6 heteroatoms.